The molecule has 0 aliphatic heterocycles. The van der Waals surface area contributed by atoms with Gasteiger partial charge in [0.25, 0.3) is 0 Å². The van der Waals surface area contributed by atoms with Crippen LogP contribution in [-0.2, 0) is 5.41 Å². The Hall–Kier alpha value is -0.820. The molecule has 1 aliphatic rings. The zero-order chi connectivity index (χ0) is 13.4. The van der Waals surface area contributed by atoms with Gasteiger partial charge in [-0.2, -0.15) is 0 Å². The van der Waals surface area contributed by atoms with E-state index in [0.717, 1.165) is 6.54 Å². The third kappa shape index (κ3) is 2.95. The molecule has 0 unspecified atom stereocenters. The Balaban J connectivity index is 2.16. The van der Waals surface area contributed by atoms with E-state index in [4.69, 9.17) is 0 Å². The highest BCUT2D eigenvalue weighted by molar-refractivity contribution is 5.31. The predicted octanol–water partition coefficient (Wildman–Crippen LogP) is 4.13. The molecule has 0 saturated heterocycles. The molecule has 18 heavy (non-hydrogen) atoms. The second-order valence-electron chi connectivity index (χ2n) is 7.77. The molecule has 0 radical (unpaired) electrons. The summed E-state index contributed by atoms with van der Waals surface area (Å²) in [5.41, 5.74) is 2.54. The van der Waals surface area contributed by atoms with Gasteiger partial charge in [0.15, 0.2) is 0 Å². The Labute approximate surface area is 112 Å². The predicted molar refractivity (Wildman–Crippen MR) is 78.9 cm³/mol. The molecule has 1 nitrogen and oxygen atoms in total. The Morgan fingerprint density at radius 2 is 1.61 bits per heavy atom. The van der Waals surface area contributed by atoms with Crippen molar-refractivity contribution in [1.82, 2.24) is 5.32 Å². The van der Waals surface area contributed by atoms with E-state index in [9.17, 15) is 0 Å². The summed E-state index contributed by atoms with van der Waals surface area (Å²) < 4.78 is 0. The molecule has 1 N–H and O–H groups in total. The summed E-state index contributed by atoms with van der Waals surface area (Å²) in [6.45, 7) is 12.6. The van der Waals surface area contributed by atoms with Gasteiger partial charge in [-0.15, -0.1) is 0 Å². The number of hydrogen-bond donors (Lipinski definition) is 1. The van der Waals surface area contributed by atoms with Crippen LogP contribution in [0.1, 0.15) is 53.0 Å². The van der Waals surface area contributed by atoms with Crippen LogP contribution in [0.3, 0.4) is 0 Å². The molecule has 1 fully saturated rings. The molecule has 1 aliphatic carbocycles. The first-order valence-electron chi connectivity index (χ1n) is 7.03. The molecule has 0 bridgehead atoms. The first-order chi connectivity index (χ1) is 8.23. The van der Waals surface area contributed by atoms with Gasteiger partial charge in [0.1, 0.15) is 0 Å². The Morgan fingerprint density at radius 1 is 1.06 bits per heavy atom. The van der Waals surface area contributed by atoms with Gasteiger partial charge >= 0.3 is 0 Å². The van der Waals surface area contributed by atoms with Gasteiger partial charge in [-0.1, -0.05) is 44.2 Å². The largest absolute Gasteiger partial charge is 0.311 e. The number of nitrogens with one attached hydrogen (secondary N) is 1. The van der Waals surface area contributed by atoms with Crippen molar-refractivity contribution in [2.75, 3.05) is 6.54 Å². The lowest BCUT2D eigenvalue weighted by molar-refractivity contribution is 0.0512. The van der Waals surface area contributed by atoms with Crippen molar-refractivity contribution in [3.05, 3.63) is 35.9 Å². The summed E-state index contributed by atoms with van der Waals surface area (Å²) in [5.74, 6) is 0. The van der Waals surface area contributed by atoms with Crippen LogP contribution >= 0.6 is 0 Å². The molecule has 0 amide bonds. The minimum Gasteiger partial charge on any atom is -0.311 e. The zero-order valence-corrected chi connectivity index (χ0v) is 12.5. The summed E-state index contributed by atoms with van der Waals surface area (Å²) in [6, 6.07) is 11.0. The quantitative estimate of drug-likeness (QED) is 0.844. The van der Waals surface area contributed by atoms with Crippen LogP contribution in [-0.4, -0.2) is 12.1 Å². The fraction of sp³-hybridized carbons (Fsp3) is 0.647. The van der Waals surface area contributed by atoms with Gasteiger partial charge in [-0.3, -0.25) is 0 Å². The fourth-order valence-electron chi connectivity index (χ4n) is 3.44. The number of rotatable bonds is 3. The van der Waals surface area contributed by atoms with E-state index >= 15 is 0 Å². The zero-order valence-electron chi connectivity index (χ0n) is 12.5. The van der Waals surface area contributed by atoms with Crippen LogP contribution in [0.2, 0.25) is 0 Å². The van der Waals surface area contributed by atoms with Crippen molar-refractivity contribution in [2.45, 2.75) is 58.4 Å². The maximum atomic E-state index is 3.70. The normalized spacial score (nSPS) is 21.4. The Bertz CT molecular complexity index is 389. The lowest BCUT2D eigenvalue weighted by Crippen LogP contribution is -2.55. The summed E-state index contributed by atoms with van der Waals surface area (Å²) in [6.07, 6.45) is 2.57. The molecule has 1 aromatic carbocycles. The molecular weight excluding hydrogens is 218 g/mol. The van der Waals surface area contributed by atoms with Crippen LogP contribution in [0.4, 0.5) is 0 Å². The second kappa shape index (κ2) is 4.38. The molecule has 0 aromatic heterocycles. The topological polar surface area (TPSA) is 12.0 Å². The Kier molecular flexibility index (Phi) is 3.31. The van der Waals surface area contributed by atoms with Crippen molar-refractivity contribution >= 4 is 0 Å². The van der Waals surface area contributed by atoms with Gasteiger partial charge in [-0.25, -0.2) is 0 Å². The average Bonchev–Trinajstić information content (AvgIpc) is 2.23. The van der Waals surface area contributed by atoms with Gasteiger partial charge < -0.3 is 5.32 Å². The maximum absolute atomic E-state index is 3.70. The van der Waals surface area contributed by atoms with E-state index in [1.54, 1.807) is 0 Å². The Morgan fingerprint density at radius 3 is 2.06 bits per heavy atom. The van der Waals surface area contributed by atoms with Gasteiger partial charge in [0.2, 0.25) is 0 Å². The summed E-state index contributed by atoms with van der Waals surface area (Å²) in [4.78, 5) is 0. The molecule has 0 heterocycles. The van der Waals surface area contributed by atoms with Crippen molar-refractivity contribution in [3.8, 4) is 0 Å². The molecular formula is C17H27N. The number of benzene rings is 1. The molecule has 0 atom stereocenters. The average molecular weight is 245 g/mol. The first-order valence-corrected chi connectivity index (χ1v) is 7.03. The van der Waals surface area contributed by atoms with Crippen molar-refractivity contribution < 1.29 is 0 Å². The lowest BCUT2D eigenvalue weighted by Gasteiger charge is -2.54. The van der Waals surface area contributed by atoms with Crippen molar-refractivity contribution in [1.29, 1.82) is 0 Å². The fourth-order valence-corrected chi connectivity index (χ4v) is 3.44. The standard InChI is InChI=1S/C17H27N/c1-15(2,3)18-13-17(11-16(4,5)12-17)14-9-7-6-8-10-14/h6-10,18H,11-13H2,1-5H3. The summed E-state index contributed by atoms with van der Waals surface area (Å²) in [5, 5.41) is 3.70. The third-order valence-corrected chi connectivity index (χ3v) is 3.98. The van der Waals surface area contributed by atoms with Crippen LogP contribution in [0.15, 0.2) is 30.3 Å². The third-order valence-electron chi connectivity index (χ3n) is 3.98. The van der Waals surface area contributed by atoms with E-state index in [-0.39, 0.29) is 5.54 Å². The van der Waals surface area contributed by atoms with Crippen molar-refractivity contribution in [2.24, 2.45) is 5.41 Å². The lowest BCUT2D eigenvalue weighted by atomic mass is 9.52. The van der Waals surface area contributed by atoms with E-state index < -0.39 is 0 Å². The van der Waals surface area contributed by atoms with Crippen LogP contribution in [0.5, 0.6) is 0 Å². The minimum absolute atomic E-state index is 0.196. The maximum Gasteiger partial charge on any atom is 0.00968 e. The molecule has 1 heteroatoms. The SMILES string of the molecule is CC1(C)CC(CNC(C)(C)C)(c2ccccc2)C1. The molecule has 1 aromatic rings. The van der Waals surface area contributed by atoms with E-state index in [1.165, 1.54) is 18.4 Å². The highest BCUT2D eigenvalue weighted by Gasteiger charge is 2.49. The molecule has 2 rings (SSSR count). The summed E-state index contributed by atoms with van der Waals surface area (Å²) in [7, 11) is 0. The van der Waals surface area contributed by atoms with E-state index in [0.29, 0.717) is 10.8 Å². The van der Waals surface area contributed by atoms with Crippen molar-refractivity contribution in [3.63, 3.8) is 0 Å². The highest BCUT2D eigenvalue weighted by Crippen LogP contribution is 2.55. The first kappa shape index (κ1) is 13.6. The van der Waals surface area contributed by atoms with Crippen LogP contribution < -0.4 is 5.32 Å². The monoisotopic (exact) mass is 245 g/mol. The second-order valence-corrected chi connectivity index (χ2v) is 7.77. The van der Waals surface area contributed by atoms with Gasteiger partial charge in [0.05, 0.1) is 0 Å². The van der Waals surface area contributed by atoms with Crippen LogP contribution in [0.25, 0.3) is 0 Å². The molecule has 100 valence electrons. The minimum atomic E-state index is 0.196. The number of hydrogen-bond acceptors (Lipinski definition) is 1. The summed E-state index contributed by atoms with van der Waals surface area (Å²) >= 11 is 0. The smallest absolute Gasteiger partial charge is 0.00968 e. The van der Waals surface area contributed by atoms with Gasteiger partial charge in [-0.05, 0) is 44.6 Å². The molecule has 1 saturated carbocycles. The van der Waals surface area contributed by atoms with E-state index in [1.807, 2.05) is 0 Å². The van der Waals surface area contributed by atoms with Crippen LogP contribution in [0, 0.1) is 5.41 Å². The van der Waals surface area contributed by atoms with Gasteiger partial charge in [0, 0.05) is 17.5 Å². The molecule has 0 spiro atoms. The van der Waals surface area contributed by atoms with E-state index in [2.05, 4.69) is 70.3 Å². The highest BCUT2D eigenvalue weighted by atomic mass is 15.0.